The predicted octanol–water partition coefficient (Wildman–Crippen LogP) is 2.41. The molecule has 2 aromatic carbocycles. The number of carbonyl (C=O) groups is 2. The minimum absolute atomic E-state index is 0.0281. The lowest BCUT2D eigenvalue weighted by atomic mass is 10.2. The van der Waals surface area contributed by atoms with Gasteiger partial charge in [0.2, 0.25) is 9.84 Å². The maximum Gasteiger partial charge on any atom is 0.341 e. The van der Waals surface area contributed by atoms with Crippen molar-refractivity contribution in [2.45, 2.75) is 10.7 Å². The third kappa shape index (κ3) is 4.52. The van der Waals surface area contributed by atoms with Gasteiger partial charge in [-0.2, -0.15) is 8.78 Å². The molecule has 0 heterocycles. The van der Waals surface area contributed by atoms with Crippen LogP contribution in [0.3, 0.4) is 0 Å². The fraction of sp³-hybridized carbons (Fsp3) is 0.0667. The molecule has 0 fully saturated rings. The standard InChI is InChI=1S/C15H11ClF2N2O4S/c16-11-3-1-2-10(8-11)14(22)20-19-13(21)9-4-6-12(7-5-9)25(23,24)15(17)18/h1-8,15H,(H,19,21)(H,20,22). The molecule has 25 heavy (non-hydrogen) atoms. The number of sulfone groups is 1. The zero-order valence-corrected chi connectivity index (χ0v) is 13.9. The fourth-order valence-corrected chi connectivity index (χ4v) is 2.70. The zero-order valence-electron chi connectivity index (χ0n) is 12.4. The molecule has 0 spiro atoms. The van der Waals surface area contributed by atoms with Crippen molar-refractivity contribution < 1.29 is 26.8 Å². The number of amides is 2. The topological polar surface area (TPSA) is 92.3 Å². The van der Waals surface area contributed by atoms with Crippen molar-refractivity contribution >= 4 is 33.3 Å². The summed E-state index contributed by atoms with van der Waals surface area (Å²) in [5.74, 6) is -4.92. The Bertz CT molecular complexity index is 902. The average Bonchev–Trinajstić information content (AvgIpc) is 2.59. The second-order valence-electron chi connectivity index (χ2n) is 4.75. The van der Waals surface area contributed by atoms with Crippen LogP contribution in [0.5, 0.6) is 0 Å². The van der Waals surface area contributed by atoms with Gasteiger partial charge in [-0.15, -0.1) is 0 Å². The molecule has 0 atom stereocenters. The van der Waals surface area contributed by atoms with Crippen molar-refractivity contribution in [3.05, 3.63) is 64.7 Å². The molecule has 132 valence electrons. The number of hydrazine groups is 1. The van der Waals surface area contributed by atoms with E-state index in [4.69, 9.17) is 11.6 Å². The molecule has 0 saturated heterocycles. The van der Waals surface area contributed by atoms with Gasteiger partial charge in [-0.3, -0.25) is 20.4 Å². The number of benzene rings is 2. The van der Waals surface area contributed by atoms with Crippen LogP contribution in [0.15, 0.2) is 53.4 Å². The molecule has 2 N–H and O–H groups in total. The lowest BCUT2D eigenvalue weighted by Crippen LogP contribution is -2.41. The lowest BCUT2D eigenvalue weighted by molar-refractivity contribution is 0.0846. The predicted molar refractivity (Wildman–Crippen MR) is 86.0 cm³/mol. The molecule has 10 heteroatoms. The van der Waals surface area contributed by atoms with Crippen LogP contribution in [-0.2, 0) is 9.84 Å². The number of rotatable bonds is 4. The highest BCUT2D eigenvalue weighted by molar-refractivity contribution is 7.91. The van der Waals surface area contributed by atoms with Gasteiger partial charge in [0, 0.05) is 16.1 Å². The Kier molecular flexibility index (Phi) is 5.70. The van der Waals surface area contributed by atoms with E-state index in [-0.39, 0.29) is 11.1 Å². The van der Waals surface area contributed by atoms with Crippen molar-refractivity contribution in [3.63, 3.8) is 0 Å². The average molecular weight is 389 g/mol. The van der Waals surface area contributed by atoms with Gasteiger partial charge in [0.25, 0.3) is 11.8 Å². The summed E-state index contributed by atoms with van der Waals surface area (Å²) in [7, 11) is -4.73. The van der Waals surface area contributed by atoms with E-state index in [0.717, 1.165) is 24.3 Å². The molecule has 2 rings (SSSR count). The van der Waals surface area contributed by atoms with Gasteiger partial charge in [-0.1, -0.05) is 17.7 Å². The monoisotopic (exact) mass is 388 g/mol. The minimum atomic E-state index is -4.73. The second-order valence-corrected chi connectivity index (χ2v) is 7.10. The summed E-state index contributed by atoms with van der Waals surface area (Å²) in [6.45, 7) is 0. The largest absolute Gasteiger partial charge is 0.341 e. The van der Waals surface area contributed by atoms with Crippen molar-refractivity contribution in [1.29, 1.82) is 0 Å². The van der Waals surface area contributed by atoms with Gasteiger partial charge in [0.05, 0.1) is 4.90 Å². The van der Waals surface area contributed by atoms with Gasteiger partial charge >= 0.3 is 5.76 Å². The quantitative estimate of drug-likeness (QED) is 0.787. The Labute approximate surface area is 146 Å². The van der Waals surface area contributed by atoms with E-state index < -0.39 is 32.3 Å². The summed E-state index contributed by atoms with van der Waals surface area (Å²) < 4.78 is 47.5. The third-order valence-corrected chi connectivity index (χ3v) is 4.69. The lowest BCUT2D eigenvalue weighted by Gasteiger charge is -2.08. The Morgan fingerprint density at radius 3 is 2.00 bits per heavy atom. The van der Waals surface area contributed by atoms with Crippen LogP contribution in [0.1, 0.15) is 20.7 Å². The summed E-state index contributed by atoms with van der Waals surface area (Å²) in [5, 5.41) is 0.342. The molecule has 0 aliphatic rings. The maximum absolute atomic E-state index is 12.4. The van der Waals surface area contributed by atoms with Gasteiger partial charge in [-0.25, -0.2) is 8.42 Å². The van der Waals surface area contributed by atoms with Crippen LogP contribution in [0.2, 0.25) is 5.02 Å². The molecule has 0 aliphatic heterocycles. The third-order valence-electron chi connectivity index (χ3n) is 3.06. The van der Waals surface area contributed by atoms with E-state index in [1.165, 1.54) is 12.1 Å². The number of hydrogen-bond donors (Lipinski definition) is 2. The van der Waals surface area contributed by atoms with Crippen LogP contribution in [0.25, 0.3) is 0 Å². The maximum atomic E-state index is 12.4. The first-order valence-corrected chi connectivity index (χ1v) is 8.62. The van der Waals surface area contributed by atoms with Gasteiger partial charge in [0.1, 0.15) is 0 Å². The summed E-state index contributed by atoms with van der Waals surface area (Å²) in [6, 6.07) is 9.88. The molecular weight excluding hydrogens is 378 g/mol. The number of nitrogens with one attached hydrogen (secondary N) is 2. The number of carbonyl (C=O) groups excluding carboxylic acids is 2. The van der Waals surface area contributed by atoms with E-state index in [0.29, 0.717) is 5.02 Å². The van der Waals surface area contributed by atoms with Gasteiger partial charge < -0.3 is 0 Å². The minimum Gasteiger partial charge on any atom is -0.267 e. The van der Waals surface area contributed by atoms with Crippen molar-refractivity contribution in [2.75, 3.05) is 0 Å². The summed E-state index contributed by atoms with van der Waals surface area (Å²) in [6.07, 6.45) is 0. The molecular formula is C15H11ClF2N2O4S. The van der Waals surface area contributed by atoms with E-state index in [1.54, 1.807) is 12.1 Å². The molecule has 2 aromatic rings. The second kappa shape index (κ2) is 7.58. The van der Waals surface area contributed by atoms with Gasteiger partial charge in [0.15, 0.2) is 0 Å². The van der Waals surface area contributed by atoms with Crippen LogP contribution in [0.4, 0.5) is 8.78 Å². The highest BCUT2D eigenvalue weighted by atomic mass is 35.5. The number of hydrogen-bond acceptors (Lipinski definition) is 4. The van der Waals surface area contributed by atoms with Crippen molar-refractivity contribution in [2.24, 2.45) is 0 Å². The summed E-state index contributed by atoms with van der Waals surface area (Å²) in [4.78, 5) is 23.1. The first kappa shape index (κ1) is 18.8. The van der Waals surface area contributed by atoms with Crippen LogP contribution in [0, 0.1) is 0 Å². The Morgan fingerprint density at radius 2 is 1.48 bits per heavy atom. The molecule has 0 radical (unpaired) electrons. The van der Waals surface area contributed by atoms with E-state index in [9.17, 15) is 26.8 Å². The Balaban J connectivity index is 2.03. The summed E-state index contributed by atoms with van der Waals surface area (Å²) in [5.41, 5.74) is 4.46. The Morgan fingerprint density at radius 1 is 0.920 bits per heavy atom. The van der Waals surface area contributed by atoms with Crippen molar-refractivity contribution in [1.82, 2.24) is 10.9 Å². The highest BCUT2D eigenvalue weighted by Crippen LogP contribution is 2.18. The molecule has 0 unspecified atom stereocenters. The fourth-order valence-electron chi connectivity index (χ4n) is 1.79. The number of alkyl halides is 2. The normalized spacial score (nSPS) is 11.2. The SMILES string of the molecule is O=C(NNC(=O)c1cccc(Cl)c1)c1ccc(S(=O)(=O)C(F)F)cc1. The molecule has 0 saturated carbocycles. The molecule has 0 aliphatic carbocycles. The Hall–Kier alpha value is -2.52. The van der Waals surface area contributed by atoms with Crippen molar-refractivity contribution in [3.8, 4) is 0 Å². The molecule has 6 nitrogen and oxygen atoms in total. The molecule has 0 bridgehead atoms. The van der Waals surface area contributed by atoms with Crippen LogP contribution >= 0.6 is 11.6 Å². The molecule has 0 aromatic heterocycles. The van der Waals surface area contributed by atoms with E-state index >= 15 is 0 Å². The summed E-state index contributed by atoms with van der Waals surface area (Å²) >= 11 is 5.75. The number of halogens is 3. The first-order valence-electron chi connectivity index (χ1n) is 6.70. The first-order chi connectivity index (χ1) is 11.7. The smallest absolute Gasteiger partial charge is 0.267 e. The van der Waals surface area contributed by atoms with Gasteiger partial charge in [-0.05, 0) is 42.5 Å². The highest BCUT2D eigenvalue weighted by Gasteiger charge is 2.26. The van der Waals surface area contributed by atoms with Crippen LogP contribution in [-0.4, -0.2) is 26.0 Å². The van der Waals surface area contributed by atoms with Crippen LogP contribution < -0.4 is 10.9 Å². The zero-order chi connectivity index (χ0) is 18.6. The van der Waals surface area contributed by atoms with E-state index in [1.807, 2.05) is 0 Å². The van der Waals surface area contributed by atoms with E-state index in [2.05, 4.69) is 10.9 Å². The molecule has 2 amide bonds.